The molecule has 1 aromatic carbocycles. The van der Waals surface area contributed by atoms with Crippen LogP contribution < -0.4 is 4.74 Å². The van der Waals surface area contributed by atoms with Gasteiger partial charge in [0.05, 0.1) is 12.0 Å². The summed E-state index contributed by atoms with van der Waals surface area (Å²) in [6, 6.07) is 7.56. The van der Waals surface area contributed by atoms with Crippen LogP contribution in [0.2, 0.25) is 0 Å². The number of benzene rings is 1. The van der Waals surface area contributed by atoms with Gasteiger partial charge in [-0.1, -0.05) is 26.0 Å². The van der Waals surface area contributed by atoms with Crippen molar-refractivity contribution >= 4 is 5.97 Å². The zero-order chi connectivity index (χ0) is 22.6. The first-order valence-corrected chi connectivity index (χ1v) is 11.0. The number of hydrogen-bond donors (Lipinski definition) is 0. The number of esters is 1. The lowest BCUT2D eigenvalue weighted by molar-refractivity contribution is -0.153. The van der Waals surface area contributed by atoms with E-state index in [1.54, 1.807) is 6.92 Å². The first-order chi connectivity index (χ1) is 14.8. The van der Waals surface area contributed by atoms with Gasteiger partial charge in [0.1, 0.15) is 11.9 Å². The summed E-state index contributed by atoms with van der Waals surface area (Å²) in [5, 5.41) is 15.7. The van der Waals surface area contributed by atoms with Crippen LogP contribution in [-0.4, -0.2) is 38.6 Å². The fraction of sp³-hybridized carbons (Fsp3) is 0.542. The molecule has 7 heteroatoms. The minimum Gasteiger partial charge on any atom is -0.491 e. The van der Waals surface area contributed by atoms with E-state index in [9.17, 15) is 4.79 Å². The topological polar surface area (TPSA) is 87.1 Å². The van der Waals surface area contributed by atoms with E-state index in [1.165, 1.54) is 0 Å². The Kier molecular flexibility index (Phi) is 10.1. The standard InChI is InChI=1S/C12H14N4O.C12H20O2/c1-8(2)17-11-6-4-10(5-7-11)12-15-13-9(3)14-16-12;1-10(2)12(13)14-11-8-6-4-3-5-7-9-11/h4-8H,1-3H3;3-4,10-11H,5-9H2,1-2H3/b;4-3+. The number of aromatic nitrogens is 4. The SMILES string of the molecule is CC(C)C(=O)OC1CC/C=C/CCC1.Cc1nnc(-c2ccc(OC(C)C)cc2)nn1. The van der Waals surface area contributed by atoms with Crippen molar-refractivity contribution in [2.75, 3.05) is 0 Å². The highest BCUT2D eigenvalue weighted by Crippen LogP contribution is 2.19. The summed E-state index contributed by atoms with van der Waals surface area (Å²) in [4.78, 5) is 11.4. The summed E-state index contributed by atoms with van der Waals surface area (Å²) < 4.78 is 11.0. The third kappa shape index (κ3) is 9.24. The molecule has 1 aliphatic rings. The Morgan fingerprint density at radius 3 is 2.19 bits per heavy atom. The summed E-state index contributed by atoms with van der Waals surface area (Å²) in [5.74, 6) is 1.85. The van der Waals surface area contributed by atoms with Crippen molar-refractivity contribution in [3.05, 3.63) is 42.2 Å². The summed E-state index contributed by atoms with van der Waals surface area (Å²) in [5.41, 5.74) is 0.876. The lowest BCUT2D eigenvalue weighted by Crippen LogP contribution is -2.21. The van der Waals surface area contributed by atoms with Gasteiger partial charge in [-0.05, 0) is 77.1 Å². The van der Waals surface area contributed by atoms with Gasteiger partial charge in [-0.15, -0.1) is 20.4 Å². The molecule has 0 N–H and O–H groups in total. The number of carbonyl (C=O) groups excluding carboxylic acids is 1. The molecule has 0 bridgehead atoms. The van der Waals surface area contributed by atoms with Crippen LogP contribution in [0.5, 0.6) is 5.75 Å². The number of aryl methyl sites for hydroxylation is 1. The van der Waals surface area contributed by atoms with Crippen LogP contribution in [0.4, 0.5) is 0 Å². The first kappa shape index (κ1) is 24.4. The van der Waals surface area contributed by atoms with E-state index in [0.717, 1.165) is 43.4 Å². The van der Waals surface area contributed by atoms with Gasteiger partial charge in [-0.3, -0.25) is 4.79 Å². The van der Waals surface area contributed by atoms with E-state index in [1.807, 2.05) is 52.0 Å². The van der Waals surface area contributed by atoms with Crippen molar-refractivity contribution < 1.29 is 14.3 Å². The summed E-state index contributed by atoms with van der Waals surface area (Å²) in [7, 11) is 0. The second-order valence-electron chi connectivity index (χ2n) is 8.16. The summed E-state index contributed by atoms with van der Waals surface area (Å²) in [6.45, 7) is 9.50. The number of hydrogen-bond acceptors (Lipinski definition) is 7. The zero-order valence-corrected chi connectivity index (χ0v) is 19.2. The van der Waals surface area contributed by atoms with Gasteiger partial charge < -0.3 is 9.47 Å². The quantitative estimate of drug-likeness (QED) is 0.485. The molecule has 1 heterocycles. The Balaban J connectivity index is 0.000000225. The van der Waals surface area contributed by atoms with E-state index in [2.05, 4.69) is 32.5 Å². The van der Waals surface area contributed by atoms with Gasteiger partial charge >= 0.3 is 5.97 Å². The number of rotatable bonds is 5. The summed E-state index contributed by atoms with van der Waals surface area (Å²) in [6.07, 6.45) is 10.0. The number of ether oxygens (including phenoxy) is 2. The lowest BCUT2D eigenvalue weighted by Gasteiger charge is -2.19. The first-order valence-electron chi connectivity index (χ1n) is 11.0. The molecule has 0 saturated heterocycles. The molecule has 0 amide bonds. The molecular formula is C24H34N4O3. The second kappa shape index (κ2) is 12.8. The molecule has 0 aliphatic heterocycles. The molecule has 168 valence electrons. The molecule has 0 spiro atoms. The maximum absolute atomic E-state index is 11.4. The van der Waals surface area contributed by atoms with E-state index in [0.29, 0.717) is 11.6 Å². The van der Waals surface area contributed by atoms with E-state index >= 15 is 0 Å². The van der Waals surface area contributed by atoms with Gasteiger partial charge in [-0.2, -0.15) is 0 Å². The normalized spacial score (nSPS) is 17.2. The smallest absolute Gasteiger partial charge is 0.308 e. The molecule has 7 nitrogen and oxygen atoms in total. The van der Waals surface area contributed by atoms with Gasteiger partial charge in [0.2, 0.25) is 5.82 Å². The highest BCUT2D eigenvalue weighted by molar-refractivity contribution is 5.71. The Labute approximate surface area is 185 Å². The van der Waals surface area contributed by atoms with Crippen molar-refractivity contribution in [1.29, 1.82) is 0 Å². The van der Waals surface area contributed by atoms with Gasteiger partial charge in [0.15, 0.2) is 5.82 Å². The van der Waals surface area contributed by atoms with Crippen LogP contribution in [0.25, 0.3) is 11.4 Å². The molecule has 1 unspecified atom stereocenters. The number of nitrogens with zero attached hydrogens (tertiary/aromatic N) is 4. The predicted octanol–water partition coefficient (Wildman–Crippen LogP) is 5.10. The fourth-order valence-electron chi connectivity index (χ4n) is 2.89. The van der Waals surface area contributed by atoms with Gasteiger partial charge in [-0.25, -0.2) is 0 Å². The van der Waals surface area contributed by atoms with E-state index in [-0.39, 0.29) is 24.1 Å². The molecule has 3 rings (SSSR count). The molecule has 1 atom stereocenters. The maximum Gasteiger partial charge on any atom is 0.308 e. The molecule has 1 aliphatic carbocycles. The van der Waals surface area contributed by atoms with Crippen molar-refractivity contribution in [2.45, 2.75) is 78.9 Å². The Hall–Kier alpha value is -2.83. The second-order valence-corrected chi connectivity index (χ2v) is 8.16. The molecule has 2 aromatic rings. The lowest BCUT2D eigenvalue weighted by atomic mass is 10.0. The number of carbonyl (C=O) groups is 1. The minimum atomic E-state index is -0.0560. The molecule has 0 radical (unpaired) electrons. The minimum absolute atomic E-state index is 0.00372. The molecule has 0 saturated carbocycles. The molecule has 31 heavy (non-hydrogen) atoms. The third-order valence-electron chi connectivity index (χ3n) is 4.54. The van der Waals surface area contributed by atoms with Crippen molar-refractivity contribution in [2.24, 2.45) is 5.92 Å². The number of allylic oxidation sites excluding steroid dienone is 2. The van der Waals surface area contributed by atoms with Crippen molar-refractivity contribution in [3.8, 4) is 17.1 Å². The van der Waals surface area contributed by atoms with Crippen LogP contribution >= 0.6 is 0 Å². The monoisotopic (exact) mass is 426 g/mol. The van der Waals surface area contributed by atoms with Gasteiger partial charge in [0, 0.05) is 5.56 Å². The Morgan fingerprint density at radius 1 is 0.935 bits per heavy atom. The zero-order valence-electron chi connectivity index (χ0n) is 19.2. The third-order valence-corrected chi connectivity index (χ3v) is 4.54. The highest BCUT2D eigenvalue weighted by Gasteiger charge is 2.16. The fourth-order valence-corrected chi connectivity index (χ4v) is 2.89. The maximum atomic E-state index is 11.4. The highest BCUT2D eigenvalue weighted by atomic mass is 16.5. The van der Waals surface area contributed by atoms with Crippen molar-refractivity contribution in [1.82, 2.24) is 20.4 Å². The van der Waals surface area contributed by atoms with Crippen LogP contribution in [0.1, 0.15) is 65.6 Å². The molecule has 0 fully saturated rings. The molecular weight excluding hydrogens is 392 g/mol. The molecule has 1 aromatic heterocycles. The van der Waals surface area contributed by atoms with Crippen molar-refractivity contribution in [3.63, 3.8) is 0 Å². The van der Waals surface area contributed by atoms with Crippen LogP contribution in [0.3, 0.4) is 0 Å². The van der Waals surface area contributed by atoms with Crippen LogP contribution in [0, 0.1) is 12.8 Å². The Morgan fingerprint density at radius 2 is 1.58 bits per heavy atom. The predicted molar refractivity (Wildman–Crippen MR) is 121 cm³/mol. The average molecular weight is 427 g/mol. The van der Waals surface area contributed by atoms with Crippen LogP contribution in [-0.2, 0) is 9.53 Å². The largest absolute Gasteiger partial charge is 0.491 e. The van der Waals surface area contributed by atoms with Crippen LogP contribution in [0.15, 0.2) is 36.4 Å². The summed E-state index contributed by atoms with van der Waals surface area (Å²) >= 11 is 0. The van der Waals surface area contributed by atoms with Gasteiger partial charge in [0.25, 0.3) is 0 Å². The Bertz CT molecular complexity index is 818. The van der Waals surface area contributed by atoms with E-state index < -0.39 is 0 Å². The van der Waals surface area contributed by atoms with E-state index in [4.69, 9.17) is 9.47 Å². The average Bonchev–Trinajstić information content (AvgIpc) is 2.71.